The summed E-state index contributed by atoms with van der Waals surface area (Å²) in [5, 5.41) is 10.5. The SMILES string of the molecule is COc1ccc(C(O)c2cc(Br)ccc2F)c(OC)c1Br. The van der Waals surface area contributed by atoms with E-state index < -0.39 is 11.9 Å². The molecule has 0 amide bonds. The van der Waals surface area contributed by atoms with Gasteiger partial charge in [-0.05, 0) is 46.3 Å². The Labute approximate surface area is 139 Å². The van der Waals surface area contributed by atoms with Crippen LogP contribution in [0.2, 0.25) is 0 Å². The highest BCUT2D eigenvalue weighted by molar-refractivity contribution is 9.11. The lowest BCUT2D eigenvalue weighted by atomic mass is 10.00. The van der Waals surface area contributed by atoms with Crippen molar-refractivity contribution in [3.8, 4) is 11.5 Å². The second-order valence-corrected chi connectivity index (χ2v) is 5.98. The number of rotatable bonds is 4. The molecule has 3 nitrogen and oxygen atoms in total. The number of ether oxygens (including phenoxy) is 2. The summed E-state index contributed by atoms with van der Waals surface area (Å²) in [4.78, 5) is 0. The minimum Gasteiger partial charge on any atom is -0.495 e. The Balaban J connectivity index is 2.55. The molecule has 0 aromatic heterocycles. The number of aliphatic hydroxyl groups is 1. The zero-order valence-corrected chi connectivity index (χ0v) is 14.5. The van der Waals surface area contributed by atoms with E-state index in [1.165, 1.54) is 26.4 Å². The predicted molar refractivity (Wildman–Crippen MR) is 85.4 cm³/mol. The standard InChI is InChI=1S/C15H13Br2FO3/c1-20-12-6-4-9(15(21-2)13(12)17)14(19)10-7-8(16)3-5-11(10)18/h3-7,14,19H,1-2H3. The van der Waals surface area contributed by atoms with Crippen LogP contribution in [0.15, 0.2) is 39.3 Å². The molecular formula is C15H13Br2FO3. The van der Waals surface area contributed by atoms with E-state index in [1.807, 2.05) is 0 Å². The molecule has 0 fully saturated rings. The molecule has 2 aromatic carbocycles. The van der Waals surface area contributed by atoms with Crippen molar-refractivity contribution in [2.24, 2.45) is 0 Å². The van der Waals surface area contributed by atoms with Gasteiger partial charge in [-0.15, -0.1) is 0 Å². The third-order valence-corrected chi connectivity index (χ3v) is 4.31. The molecule has 1 atom stereocenters. The first-order valence-corrected chi connectivity index (χ1v) is 7.61. The summed E-state index contributed by atoms with van der Waals surface area (Å²) < 4.78 is 25.7. The van der Waals surface area contributed by atoms with Gasteiger partial charge in [0.15, 0.2) is 0 Å². The molecule has 112 valence electrons. The van der Waals surface area contributed by atoms with Crippen molar-refractivity contribution in [2.45, 2.75) is 6.10 Å². The van der Waals surface area contributed by atoms with Gasteiger partial charge in [-0.2, -0.15) is 0 Å². The molecule has 0 bridgehead atoms. The average Bonchev–Trinajstić information content (AvgIpc) is 2.48. The Hall–Kier alpha value is -1.11. The van der Waals surface area contributed by atoms with E-state index in [1.54, 1.807) is 18.2 Å². The van der Waals surface area contributed by atoms with E-state index in [0.717, 1.165) is 0 Å². The quantitative estimate of drug-likeness (QED) is 0.795. The first-order chi connectivity index (χ1) is 9.99. The maximum atomic E-state index is 13.9. The molecule has 2 rings (SSSR count). The number of hydrogen-bond donors (Lipinski definition) is 1. The van der Waals surface area contributed by atoms with E-state index in [0.29, 0.717) is 26.0 Å². The highest BCUT2D eigenvalue weighted by atomic mass is 79.9. The maximum absolute atomic E-state index is 13.9. The van der Waals surface area contributed by atoms with Crippen LogP contribution in [0.3, 0.4) is 0 Å². The van der Waals surface area contributed by atoms with Crippen LogP contribution >= 0.6 is 31.9 Å². The maximum Gasteiger partial charge on any atom is 0.142 e. The van der Waals surface area contributed by atoms with Gasteiger partial charge in [-0.3, -0.25) is 0 Å². The van der Waals surface area contributed by atoms with Gasteiger partial charge in [0.2, 0.25) is 0 Å². The topological polar surface area (TPSA) is 38.7 Å². The van der Waals surface area contributed by atoms with Gasteiger partial charge >= 0.3 is 0 Å². The molecule has 0 heterocycles. The van der Waals surface area contributed by atoms with E-state index in [4.69, 9.17) is 9.47 Å². The fourth-order valence-corrected chi connectivity index (χ4v) is 3.09. The fraction of sp³-hybridized carbons (Fsp3) is 0.200. The lowest BCUT2D eigenvalue weighted by Crippen LogP contribution is -2.06. The first kappa shape index (κ1) is 16.3. The van der Waals surface area contributed by atoms with Crippen molar-refractivity contribution in [3.63, 3.8) is 0 Å². The van der Waals surface area contributed by atoms with E-state index >= 15 is 0 Å². The van der Waals surface area contributed by atoms with Crippen LogP contribution in [0.1, 0.15) is 17.2 Å². The highest BCUT2D eigenvalue weighted by Crippen LogP contribution is 2.41. The minimum atomic E-state index is -1.15. The predicted octanol–water partition coefficient (Wildman–Crippen LogP) is 4.45. The second-order valence-electron chi connectivity index (χ2n) is 4.27. The van der Waals surface area contributed by atoms with Gasteiger partial charge in [-0.1, -0.05) is 15.9 Å². The molecule has 6 heteroatoms. The van der Waals surface area contributed by atoms with Crippen LogP contribution in [0, 0.1) is 5.82 Å². The smallest absolute Gasteiger partial charge is 0.142 e. The van der Waals surface area contributed by atoms with E-state index in [2.05, 4.69) is 31.9 Å². The Kier molecular flexibility index (Phi) is 5.24. The summed E-state index contributed by atoms with van der Waals surface area (Å²) >= 11 is 6.63. The number of methoxy groups -OCH3 is 2. The fourth-order valence-electron chi connectivity index (χ4n) is 2.03. The number of halogens is 3. The summed E-state index contributed by atoms with van der Waals surface area (Å²) in [7, 11) is 3.01. The number of hydrogen-bond acceptors (Lipinski definition) is 3. The van der Waals surface area contributed by atoms with Gasteiger partial charge in [-0.25, -0.2) is 4.39 Å². The van der Waals surface area contributed by atoms with Crippen molar-refractivity contribution in [1.82, 2.24) is 0 Å². The van der Waals surface area contributed by atoms with Crippen LogP contribution in [0.25, 0.3) is 0 Å². The number of benzene rings is 2. The molecule has 1 N–H and O–H groups in total. The zero-order valence-electron chi connectivity index (χ0n) is 11.4. The van der Waals surface area contributed by atoms with Crippen LogP contribution < -0.4 is 9.47 Å². The second kappa shape index (κ2) is 6.77. The Morgan fingerprint density at radius 3 is 2.38 bits per heavy atom. The number of aliphatic hydroxyl groups excluding tert-OH is 1. The normalized spacial score (nSPS) is 12.1. The Morgan fingerprint density at radius 2 is 1.76 bits per heavy atom. The lowest BCUT2D eigenvalue weighted by molar-refractivity contribution is 0.209. The molecule has 0 aliphatic carbocycles. The summed E-state index contributed by atoms with van der Waals surface area (Å²) in [6.07, 6.45) is -1.15. The van der Waals surface area contributed by atoms with Crippen molar-refractivity contribution in [3.05, 3.63) is 56.2 Å². The van der Waals surface area contributed by atoms with E-state index in [9.17, 15) is 9.50 Å². The Bertz CT molecular complexity index is 662. The third kappa shape index (κ3) is 3.22. The molecule has 0 radical (unpaired) electrons. The molecule has 2 aromatic rings. The van der Waals surface area contributed by atoms with Gasteiger partial charge in [0, 0.05) is 15.6 Å². The summed E-state index contributed by atoms with van der Waals surface area (Å²) in [5.74, 6) is 0.485. The highest BCUT2D eigenvalue weighted by Gasteiger charge is 2.22. The molecule has 0 spiro atoms. The van der Waals surface area contributed by atoms with Crippen molar-refractivity contribution in [2.75, 3.05) is 14.2 Å². The van der Waals surface area contributed by atoms with Gasteiger partial charge in [0.05, 0.1) is 14.2 Å². The van der Waals surface area contributed by atoms with Crippen LogP contribution in [0.4, 0.5) is 4.39 Å². The molecule has 0 aliphatic heterocycles. The molecule has 0 saturated carbocycles. The summed E-state index contributed by atoms with van der Waals surface area (Å²) in [6, 6.07) is 7.74. The molecule has 1 unspecified atom stereocenters. The van der Waals surface area contributed by atoms with Crippen LogP contribution in [0.5, 0.6) is 11.5 Å². The largest absolute Gasteiger partial charge is 0.495 e. The van der Waals surface area contributed by atoms with Crippen molar-refractivity contribution < 1.29 is 19.0 Å². The van der Waals surface area contributed by atoms with Gasteiger partial charge in [0.1, 0.15) is 27.9 Å². The monoisotopic (exact) mass is 418 g/mol. The minimum absolute atomic E-state index is 0.166. The average molecular weight is 420 g/mol. The molecule has 21 heavy (non-hydrogen) atoms. The third-order valence-electron chi connectivity index (χ3n) is 3.06. The van der Waals surface area contributed by atoms with Crippen LogP contribution in [-0.4, -0.2) is 19.3 Å². The van der Waals surface area contributed by atoms with Gasteiger partial charge < -0.3 is 14.6 Å². The summed E-state index contributed by atoms with van der Waals surface area (Å²) in [6.45, 7) is 0. The Morgan fingerprint density at radius 1 is 1.05 bits per heavy atom. The zero-order chi connectivity index (χ0) is 15.6. The van der Waals surface area contributed by atoms with E-state index in [-0.39, 0.29) is 5.56 Å². The molecular weight excluding hydrogens is 407 g/mol. The van der Waals surface area contributed by atoms with Crippen LogP contribution in [-0.2, 0) is 0 Å². The molecule has 0 saturated heterocycles. The van der Waals surface area contributed by atoms with Crippen molar-refractivity contribution in [1.29, 1.82) is 0 Å². The summed E-state index contributed by atoms with van der Waals surface area (Å²) in [5.41, 5.74) is 0.613. The van der Waals surface area contributed by atoms with Gasteiger partial charge in [0.25, 0.3) is 0 Å². The first-order valence-electron chi connectivity index (χ1n) is 6.03. The molecule has 0 aliphatic rings. The lowest BCUT2D eigenvalue weighted by Gasteiger charge is -2.18. The van der Waals surface area contributed by atoms with Crippen molar-refractivity contribution >= 4 is 31.9 Å².